The number of likely N-dealkylation sites (tertiary alicyclic amines) is 2. The van der Waals surface area contributed by atoms with Crippen molar-refractivity contribution in [3.8, 4) is 0 Å². The van der Waals surface area contributed by atoms with Gasteiger partial charge in [0.25, 0.3) is 5.91 Å². The number of aryl methyl sites for hydroxylation is 2. The Labute approximate surface area is 172 Å². The Kier molecular flexibility index (Phi) is 5.01. The largest absolute Gasteiger partial charge is 0.339 e. The van der Waals surface area contributed by atoms with Crippen molar-refractivity contribution >= 4 is 5.91 Å². The van der Waals surface area contributed by atoms with E-state index in [0.717, 1.165) is 61.7 Å². The molecule has 2 aliphatic rings. The lowest BCUT2D eigenvalue weighted by molar-refractivity contribution is 0.0592. The summed E-state index contributed by atoms with van der Waals surface area (Å²) in [5.41, 5.74) is 2.73. The van der Waals surface area contributed by atoms with Crippen LogP contribution in [0.15, 0.2) is 4.52 Å². The maximum atomic E-state index is 13.1. The first-order chi connectivity index (χ1) is 13.7. The van der Waals surface area contributed by atoms with Gasteiger partial charge in [0.15, 0.2) is 5.82 Å². The lowest BCUT2D eigenvalue weighted by Crippen LogP contribution is -2.44. The Bertz CT molecular complexity index is 906. The molecule has 1 unspecified atom stereocenters. The molecule has 1 atom stereocenters. The molecule has 0 N–H and O–H groups in total. The maximum absolute atomic E-state index is 13.1. The van der Waals surface area contributed by atoms with Gasteiger partial charge >= 0.3 is 0 Å². The van der Waals surface area contributed by atoms with Gasteiger partial charge in [-0.1, -0.05) is 19.0 Å². The number of carbonyl (C=O) groups excluding carboxylic acids is 1. The van der Waals surface area contributed by atoms with Gasteiger partial charge in [-0.3, -0.25) is 14.4 Å². The van der Waals surface area contributed by atoms with Gasteiger partial charge in [0, 0.05) is 38.3 Å². The number of nitrogens with zero attached hydrogens (tertiary/aromatic N) is 6. The van der Waals surface area contributed by atoms with Gasteiger partial charge in [0.05, 0.1) is 17.3 Å². The molecule has 2 aromatic rings. The van der Waals surface area contributed by atoms with Gasteiger partial charge < -0.3 is 9.42 Å². The summed E-state index contributed by atoms with van der Waals surface area (Å²) < 4.78 is 7.23. The number of hydrogen-bond acceptors (Lipinski definition) is 6. The Balaban J connectivity index is 1.44. The number of carbonyl (C=O) groups is 1. The standard InChI is InChI=1S/C21H32N6O2/c1-13(2)19-22-18(24-29-19)16-11-21(12-25(16)5)7-9-27(10-8-21)20(28)17-14(3)23-26(6)15(17)4/h13,16H,7-12H2,1-6H3. The van der Waals surface area contributed by atoms with Crippen LogP contribution in [0.3, 0.4) is 0 Å². The molecule has 8 heteroatoms. The highest BCUT2D eigenvalue weighted by Gasteiger charge is 2.47. The van der Waals surface area contributed by atoms with E-state index in [9.17, 15) is 4.79 Å². The molecular weight excluding hydrogens is 368 g/mol. The fourth-order valence-corrected chi connectivity index (χ4v) is 4.96. The lowest BCUT2D eigenvalue weighted by Gasteiger charge is -2.39. The molecule has 0 aromatic carbocycles. The van der Waals surface area contributed by atoms with Gasteiger partial charge in [-0.25, -0.2) is 0 Å². The van der Waals surface area contributed by atoms with Crippen LogP contribution in [0.4, 0.5) is 0 Å². The molecular formula is C21H32N6O2. The van der Waals surface area contributed by atoms with Crippen molar-refractivity contribution in [2.45, 2.75) is 58.9 Å². The summed E-state index contributed by atoms with van der Waals surface area (Å²) in [4.78, 5) is 22.1. The summed E-state index contributed by atoms with van der Waals surface area (Å²) in [6.45, 7) is 10.6. The van der Waals surface area contributed by atoms with E-state index >= 15 is 0 Å². The van der Waals surface area contributed by atoms with E-state index in [-0.39, 0.29) is 23.3 Å². The Hall–Kier alpha value is -2.22. The van der Waals surface area contributed by atoms with E-state index in [2.05, 4.69) is 41.0 Å². The molecule has 4 heterocycles. The van der Waals surface area contributed by atoms with E-state index in [4.69, 9.17) is 4.52 Å². The third kappa shape index (κ3) is 3.47. The maximum Gasteiger partial charge on any atom is 0.257 e. The second kappa shape index (κ2) is 7.23. The predicted octanol–water partition coefficient (Wildman–Crippen LogP) is 2.84. The quantitative estimate of drug-likeness (QED) is 0.788. The lowest BCUT2D eigenvalue weighted by atomic mass is 9.76. The first-order valence-electron chi connectivity index (χ1n) is 10.5. The summed E-state index contributed by atoms with van der Waals surface area (Å²) in [6.07, 6.45) is 3.03. The van der Waals surface area contributed by atoms with Crippen molar-refractivity contribution in [2.24, 2.45) is 12.5 Å². The van der Waals surface area contributed by atoms with Crippen LogP contribution in [0.25, 0.3) is 0 Å². The zero-order chi connectivity index (χ0) is 20.9. The van der Waals surface area contributed by atoms with Crippen LogP contribution >= 0.6 is 0 Å². The first kappa shape index (κ1) is 20.1. The first-order valence-corrected chi connectivity index (χ1v) is 10.5. The van der Waals surface area contributed by atoms with E-state index < -0.39 is 0 Å². The molecule has 0 saturated carbocycles. The Morgan fingerprint density at radius 3 is 2.45 bits per heavy atom. The summed E-state index contributed by atoms with van der Waals surface area (Å²) in [7, 11) is 4.03. The van der Waals surface area contributed by atoms with Crippen molar-refractivity contribution in [1.82, 2.24) is 29.7 Å². The van der Waals surface area contributed by atoms with Crippen LogP contribution in [-0.2, 0) is 7.05 Å². The highest BCUT2D eigenvalue weighted by Crippen LogP contribution is 2.48. The fraction of sp³-hybridized carbons (Fsp3) is 0.714. The van der Waals surface area contributed by atoms with Crippen molar-refractivity contribution < 1.29 is 9.32 Å². The smallest absolute Gasteiger partial charge is 0.257 e. The van der Waals surface area contributed by atoms with E-state index in [1.54, 1.807) is 4.68 Å². The van der Waals surface area contributed by atoms with Gasteiger partial charge in [0.1, 0.15) is 0 Å². The van der Waals surface area contributed by atoms with Crippen molar-refractivity contribution in [3.63, 3.8) is 0 Å². The van der Waals surface area contributed by atoms with Crippen LogP contribution in [0.5, 0.6) is 0 Å². The minimum Gasteiger partial charge on any atom is -0.339 e. The minimum absolute atomic E-state index is 0.116. The van der Waals surface area contributed by atoms with Crippen LogP contribution in [0.2, 0.25) is 0 Å². The molecule has 2 fully saturated rings. The van der Waals surface area contributed by atoms with E-state index in [1.807, 2.05) is 25.8 Å². The monoisotopic (exact) mass is 400 g/mol. The van der Waals surface area contributed by atoms with Crippen LogP contribution in [0.1, 0.15) is 78.5 Å². The summed E-state index contributed by atoms with van der Waals surface area (Å²) >= 11 is 0. The normalized spacial score (nSPS) is 22.2. The average molecular weight is 401 g/mol. The Morgan fingerprint density at radius 2 is 1.90 bits per heavy atom. The van der Waals surface area contributed by atoms with E-state index in [0.29, 0.717) is 5.89 Å². The molecule has 0 aliphatic carbocycles. The van der Waals surface area contributed by atoms with Crippen molar-refractivity contribution in [2.75, 3.05) is 26.7 Å². The zero-order valence-corrected chi connectivity index (χ0v) is 18.4. The van der Waals surface area contributed by atoms with Crippen LogP contribution in [0, 0.1) is 19.3 Å². The van der Waals surface area contributed by atoms with Gasteiger partial charge in [-0.2, -0.15) is 10.1 Å². The number of piperidine rings is 1. The summed E-state index contributed by atoms with van der Waals surface area (Å²) in [5.74, 6) is 1.86. The topological polar surface area (TPSA) is 80.3 Å². The highest BCUT2D eigenvalue weighted by atomic mass is 16.5. The minimum atomic E-state index is 0.116. The van der Waals surface area contributed by atoms with Gasteiger partial charge in [0.2, 0.25) is 5.89 Å². The highest BCUT2D eigenvalue weighted by molar-refractivity contribution is 5.96. The molecule has 1 spiro atoms. The molecule has 4 rings (SSSR count). The molecule has 1 amide bonds. The average Bonchev–Trinajstić information content (AvgIpc) is 3.33. The summed E-state index contributed by atoms with van der Waals surface area (Å²) in [5, 5.41) is 8.66. The van der Waals surface area contributed by atoms with Crippen molar-refractivity contribution in [3.05, 3.63) is 28.7 Å². The van der Waals surface area contributed by atoms with Gasteiger partial charge in [-0.05, 0) is 45.6 Å². The second-order valence-electron chi connectivity index (χ2n) is 9.24. The van der Waals surface area contributed by atoms with Crippen LogP contribution < -0.4 is 0 Å². The molecule has 2 saturated heterocycles. The SMILES string of the molecule is Cc1nn(C)c(C)c1C(=O)N1CCC2(CC1)CC(c1noc(C(C)C)n1)N(C)C2. The number of amides is 1. The molecule has 0 bridgehead atoms. The summed E-state index contributed by atoms with van der Waals surface area (Å²) in [6, 6.07) is 0.191. The molecule has 158 valence electrons. The number of aromatic nitrogens is 4. The van der Waals surface area contributed by atoms with Crippen LogP contribution in [-0.4, -0.2) is 62.3 Å². The van der Waals surface area contributed by atoms with E-state index in [1.165, 1.54) is 0 Å². The van der Waals surface area contributed by atoms with Crippen molar-refractivity contribution in [1.29, 1.82) is 0 Å². The molecule has 29 heavy (non-hydrogen) atoms. The van der Waals surface area contributed by atoms with Gasteiger partial charge in [-0.15, -0.1) is 0 Å². The molecule has 0 radical (unpaired) electrons. The molecule has 8 nitrogen and oxygen atoms in total. The third-order valence-corrected chi connectivity index (χ3v) is 6.83. The third-order valence-electron chi connectivity index (χ3n) is 6.83. The zero-order valence-electron chi connectivity index (χ0n) is 18.4. The fourth-order valence-electron chi connectivity index (χ4n) is 4.96. The molecule has 2 aromatic heterocycles. The predicted molar refractivity (Wildman–Crippen MR) is 109 cm³/mol. The Morgan fingerprint density at radius 1 is 1.21 bits per heavy atom. The number of rotatable bonds is 3. The number of hydrogen-bond donors (Lipinski definition) is 0. The second-order valence-corrected chi connectivity index (χ2v) is 9.24. The molecule has 2 aliphatic heterocycles.